The third kappa shape index (κ3) is 4.14. The number of hydrogen-bond acceptors (Lipinski definition) is 4. The molecule has 1 N–H and O–H groups in total. The number of nitrogens with one attached hydrogen (secondary N) is 1. The van der Waals surface area contributed by atoms with Gasteiger partial charge in [0, 0.05) is 13.7 Å². The first kappa shape index (κ1) is 15.7. The lowest BCUT2D eigenvalue weighted by Gasteiger charge is -2.10. The van der Waals surface area contributed by atoms with E-state index in [2.05, 4.69) is 15.5 Å². The molecule has 5 nitrogen and oxygen atoms in total. The van der Waals surface area contributed by atoms with Crippen LogP contribution in [-0.2, 0) is 17.9 Å². The zero-order valence-corrected chi connectivity index (χ0v) is 12.8. The first-order valence-corrected chi connectivity index (χ1v) is 6.90. The lowest BCUT2D eigenvalue weighted by atomic mass is 10.1. The van der Waals surface area contributed by atoms with Crippen LogP contribution in [0.25, 0.3) is 0 Å². The van der Waals surface area contributed by atoms with Crippen LogP contribution in [0.15, 0.2) is 30.3 Å². The summed E-state index contributed by atoms with van der Waals surface area (Å²) in [5, 5.41) is 10.1. The zero-order chi connectivity index (χ0) is 15.2. The Bertz CT molecular complexity index is 650. The molecule has 0 bridgehead atoms. The maximum absolute atomic E-state index is 12.1. The molecule has 0 atom stereocenters. The SMILES string of the molecule is COCc1ccccc1CNC(=O)c1cc(Cl)nnc1Cl. The van der Waals surface area contributed by atoms with Crippen LogP contribution in [-0.4, -0.2) is 23.2 Å². The van der Waals surface area contributed by atoms with Gasteiger partial charge in [0.05, 0.1) is 12.2 Å². The second-order valence-electron chi connectivity index (χ2n) is 4.26. The van der Waals surface area contributed by atoms with E-state index in [0.29, 0.717) is 13.2 Å². The van der Waals surface area contributed by atoms with Gasteiger partial charge in [-0.25, -0.2) is 0 Å². The number of carbonyl (C=O) groups excluding carboxylic acids is 1. The minimum Gasteiger partial charge on any atom is -0.380 e. The Morgan fingerprint density at radius 2 is 1.95 bits per heavy atom. The van der Waals surface area contributed by atoms with Crippen LogP contribution in [0.2, 0.25) is 10.3 Å². The van der Waals surface area contributed by atoms with Crippen molar-refractivity contribution in [2.24, 2.45) is 0 Å². The topological polar surface area (TPSA) is 64.1 Å². The van der Waals surface area contributed by atoms with Crippen molar-refractivity contribution in [3.8, 4) is 0 Å². The third-order valence-electron chi connectivity index (χ3n) is 2.82. The summed E-state index contributed by atoms with van der Waals surface area (Å²) < 4.78 is 5.13. The van der Waals surface area contributed by atoms with E-state index in [9.17, 15) is 4.79 Å². The molecule has 0 fully saturated rings. The number of carbonyl (C=O) groups is 1. The molecule has 1 heterocycles. The molecular weight excluding hydrogens is 313 g/mol. The molecule has 2 aromatic rings. The summed E-state index contributed by atoms with van der Waals surface area (Å²) in [4.78, 5) is 12.1. The molecule has 0 radical (unpaired) electrons. The van der Waals surface area contributed by atoms with Gasteiger partial charge in [0.15, 0.2) is 10.3 Å². The number of hydrogen-bond donors (Lipinski definition) is 1. The molecule has 2 rings (SSSR count). The number of benzene rings is 1. The minimum atomic E-state index is -0.357. The van der Waals surface area contributed by atoms with Crippen LogP contribution >= 0.6 is 23.2 Å². The molecule has 110 valence electrons. The number of ether oxygens (including phenoxy) is 1. The Morgan fingerprint density at radius 1 is 1.24 bits per heavy atom. The first-order valence-electron chi connectivity index (χ1n) is 6.14. The molecule has 1 aromatic heterocycles. The van der Waals surface area contributed by atoms with E-state index < -0.39 is 0 Å². The van der Waals surface area contributed by atoms with Gasteiger partial charge in [-0.2, -0.15) is 0 Å². The van der Waals surface area contributed by atoms with Crippen molar-refractivity contribution in [2.45, 2.75) is 13.2 Å². The number of halogens is 2. The molecule has 0 aliphatic rings. The van der Waals surface area contributed by atoms with Crippen LogP contribution < -0.4 is 5.32 Å². The summed E-state index contributed by atoms with van der Waals surface area (Å²) in [7, 11) is 1.62. The van der Waals surface area contributed by atoms with Crippen molar-refractivity contribution in [3.05, 3.63) is 57.3 Å². The summed E-state index contributed by atoms with van der Waals surface area (Å²) in [6.45, 7) is 0.837. The predicted molar refractivity (Wildman–Crippen MR) is 80.4 cm³/mol. The Balaban J connectivity index is 2.09. The van der Waals surface area contributed by atoms with Gasteiger partial charge in [0.25, 0.3) is 5.91 Å². The van der Waals surface area contributed by atoms with E-state index in [-0.39, 0.29) is 21.8 Å². The molecule has 21 heavy (non-hydrogen) atoms. The average Bonchev–Trinajstić information content (AvgIpc) is 2.49. The molecule has 0 saturated carbocycles. The van der Waals surface area contributed by atoms with Gasteiger partial charge in [-0.15, -0.1) is 10.2 Å². The van der Waals surface area contributed by atoms with Crippen LogP contribution in [0.1, 0.15) is 21.5 Å². The quantitative estimate of drug-likeness (QED) is 0.918. The van der Waals surface area contributed by atoms with Gasteiger partial charge in [-0.1, -0.05) is 47.5 Å². The highest BCUT2D eigenvalue weighted by atomic mass is 35.5. The molecule has 7 heteroatoms. The van der Waals surface area contributed by atoms with Crippen LogP contribution in [0.5, 0.6) is 0 Å². The van der Waals surface area contributed by atoms with Gasteiger partial charge in [-0.3, -0.25) is 4.79 Å². The van der Waals surface area contributed by atoms with Crippen molar-refractivity contribution < 1.29 is 9.53 Å². The second kappa shape index (κ2) is 7.36. The Morgan fingerprint density at radius 3 is 2.67 bits per heavy atom. The van der Waals surface area contributed by atoms with E-state index in [1.807, 2.05) is 24.3 Å². The van der Waals surface area contributed by atoms with E-state index in [0.717, 1.165) is 11.1 Å². The molecule has 1 amide bonds. The standard InChI is InChI=1S/C14H13Cl2N3O2/c1-21-8-10-5-3-2-4-9(10)7-17-14(20)11-6-12(15)18-19-13(11)16/h2-6H,7-8H2,1H3,(H,17,20). The summed E-state index contributed by atoms with van der Waals surface area (Å²) in [6, 6.07) is 9.08. The third-order valence-corrected chi connectivity index (χ3v) is 3.29. The normalized spacial score (nSPS) is 10.4. The van der Waals surface area contributed by atoms with Gasteiger partial charge in [0.1, 0.15) is 0 Å². The van der Waals surface area contributed by atoms with Crippen LogP contribution in [0, 0.1) is 0 Å². The van der Waals surface area contributed by atoms with Crippen molar-refractivity contribution in [3.63, 3.8) is 0 Å². The summed E-state index contributed by atoms with van der Waals surface area (Å²) in [6.07, 6.45) is 0. The Hall–Kier alpha value is -1.69. The fraction of sp³-hybridized carbons (Fsp3) is 0.214. The monoisotopic (exact) mass is 325 g/mol. The van der Waals surface area contributed by atoms with Gasteiger partial charge in [-0.05, 0) is 17.2 Å². The van der Waals surface area contributed by atoms with E-state index in [1.165, 1.54) is 6.07 Å². The van der Waals surface area contributed by atoms with Gasteiger partial charge in [0.2, 0.25) is 0 Å². The van der Waals surface area contributed by atoms with Crippen LogP contribution in [0.4, 0.5) is 0 Å². The number of nitrogens with zero attached hydrogens (tertiary/aromatic N) is 2. The molecular formula is C14H13Cl2N3O2. The maximum atomic E-state index is 12.1. The van der Waals surface area contributed by atoms with E-state index in [1.54, 1.807) is 7.11 Å². The van der Waals surface area contributed by atoms with Crippen molar-refractivity contribution in [2.75, 3.05) is 7.11 Å². The summed E-state index contributed by atoms with van der Waals surface area (Å²) in [5.41, 5.74) is 2.18. The zero-order valence-electron chi connectivity index (χ0n) is 11.3. The van der Waals surface area contributed by atoms with Crippen molar-refractivity contribution >= 4 is 29.1 Å². The van der Waals surface area contributed by atoms with Crippen LogP contribution in [0.3, 0.4) is 0 Å². The van der Waals surface area contributed by atoms with Crippen molar-refractivity contribution in [1.29, 1.82) is 0 Å². The Labute approximate surface area is 132 Å². The van der Waals surface area contributed by atoms with Gasteiger partial charge < -0.3 is 10.1 Å². The smallest absolute Gasteiger partial charge is 0.254 e. The molecule has 0 saturated heterocycles. The number of aromatic nitrogens is 2. The first-order chi connectivity index (χ1) is 10.1. The lowest BCUT2D eigenvalue weighted by molar-refractivity contribution is 0.0950. The lowest BCUT2D eigenvalue weighted by Crippen LogP contribution is -2.24. The predicted octanol–water partition coefficient (Wildman–Crippen LogP) is 2.86. The number of amides is 1. The highest BCUT2D eigenvalue weighted by Gasteiger charge is 2.13. The maximum Gasteiger partial charge on any atom is 0.254 e. The largest absolute Gasteiger partial charge is 0.380 e. The highest BCUT2D eigenvalue weighted by molar-refractivity contribution is 6.34. The highest BCUT2D eigenvalue weighted by Crippen LogP contribution is 2.16. The fourth-order valence-corrected chi connectivity index (χ4v) is 2.13. The summed E-state index contributed by atoms with van der Waals surface area (Å²) in [5.74, 6) is -0.357. The molecule has 0 spiro atoms. The number of rotatable bonds is 5. The average molecular weight is 326 g/mol. The fourth-order valence-electron chi connectivity index (χ4n) is 1.81. The number of methoxy groups -OCH3 is 1. The van der Waals surface area contributed by atoms with Gasteiger partial charge >= 0.3 is 0 Å². The second-order valence-corrected chi connectivity index (χ2v) is 5.00. The summed E-state index contributed by atoms with van der Waals surface area (Å²) >= 11 is 11.6. The van der Waals surface area contributed by atoms with E-state index in [4.69, 9.17) is 27.9 Å². The molecule has 0 aliphatic heterocycles. The van der Waals surface area contributed by atoms with Crippen molar-refractivity contribution in [1.82, 2.24) is 15.5 Å². The molecule has 1 aromatic carbocycles. The van der Waals surface area contributed by atoms with E-state index >= 15 is 0 Å². The minimum absolute atomic E-state index is 0.0158. The molecule has 0 aliphatic carbocycles. The Kier molecular flexibility index (Phi) is 5.50. The molecule has 0 unspecified atom stereocenters.